The third kappa shape index (κ3) is 2.53. The maximum absolute atomic E-state index is 13.6. The molecule has 0 saturated carbocycles. The first-order chi connectivity index (χ1) is 10.2. The third-order valence-corrected chi connectivity index (χ3v) is 3.12. The number of carbonyl (C=O) groups is 1. The van der Waals surface area contributed by atoms with Crippen molar-refractivity contribution in [3.63, 3.8) is 0 Å². The van der Waals surface area contributed by atoms with E-state index in [0.717, 1.165) is 6.07 Å². The molecule has 2 heterocycles. The molecule has 1 amide bonds. The van der Waals surface area contributed by atoms with Gasteiger partial charge in [0.1, 0.15) is 18.0 Å². The van der Waals surface area contributed by atoms with Crippen molar-refractivity contribution in [3.05, 3.63) is 42.0 Å². The normalized spacial score (nSPS) is 17.6. The quantitative estimate of drug-likeness (QED) is 0.850. The Morgan fingerprint density at radius 3 is 3.05 bits per heavy atom. The summed E-state index contributed by atoms with van der Waals surface area (Å²) in [5, 5.41) is 16.2. The lowest BCUT2D eigenvalue weighted by atomic mass is 10.2. The Morgan fingerprint density at radius 2 is 2.38 bits per heavy atom. The molecule has 1 atom stereocenters. The zero-order valence-electron chi connectivity index (χ0n) is 10.8. The van der Waals surface area contributed by atoms with Crippen LogP contribution >= 0.6 is 0 Å². The summed E-state index contributed by atoms with van der Waals surface area (Å²) in [5.41, 5.74) is 0.295. The van der Waals surface area contributed by atoms with Gasteiger partial charge in [0.2, 0.25) is 0 Å². The molecule has 0 aliphatic carbocycles. The highest BCUT2D eigenvalue weighted by atomic mass is 19.1. The van der Waals surface area contributed by atoms with Gasteiger partial charge in [-0.05, 0) is 18.2 Å². The molecule has 21 heavy (non-hydrogen) atoms. The lowest BCUT2D eigenvalue weighted by Crippen LogP contribution is -2.26. The maximum Gasteiger partial charge on any atom is 0.414 e. The Kier molecular flexibility index (Phi) is 3.23. The molecule has 0 unspecified atom stereocenters. The predicted octanol–water partition coefficient (Wildman–Crippen LogP) is 1.31. The molecule has 106 valence electrons. The Hall–Kier alpha value is -2.95. The molecule has 1 aromatic heterocycles. The first-order valence-electron chi connectivity index (χ1n) is 6.19. The maximum atomic E-state index is 13.6. The van der Waals surface area contributed by atoms with Crippen molar-refractivity contribution in [2.45, 2.75) is 12.6 Å². The zero-order valence-corrected chi connectivity index (χ0v) is 10.8. The number of rotatable bonds is 3. The van der Waals surface area contributed by atoms with E-state index in [4.69, 9.17) is 10.00 Å². The fraction of sp³-hybridized carbons (Fsp3) is 0.231. The summed E-state index contributed by atoms with van der Waals surface area (Å²) in [6.07, 6.45) is 2.25. The van der Waals surface area contributed by atoms with Crippen molar-refractivity contribution in [3.8, 4) is 6.07 Å². The van der Waals surface area contributed by atoms with Crippen LogP contribution in [0.4, 0.5) is 14.9 Å². The predicted molar refractivity (Wildman–Crippen MR) is 68.8 cm³/mol. The molecule has 1 aliphatic heterocycles. The number of carbonyl (C=O) groups excluding carboxylic acids is 1. The van der Waals surface area contributed by atoms with Crippen molar-refractivity contribution in [1.82, 2.24) is 15.0 Å². The van der Waals surface area contributed by atoms with Crippen LogP contribution in [0.3, 0.4) is 0 Å². The number of ether oxygens (including phenoxy) is 1. The fourth-order valence-electron chi connectivity index (χ4n) is 2.13. The molecule has 0 N–H and O–H groups in total. The number of aromatic nitrogens is 3. The second-order valence-electron chi connectivity index (χ2n) is 4.52. The molecule has 1 saturated heterocycles. The summed E-state index contributed by atoms with van der Waals surface area (Å²) in [7, 11) is 0. The molecule has 8 heteroatoms. The lowest BCUT2D eigenvalue weighted by molar-refractivity contribution is 0.129. The van der Waals surface area contributed by atoms with Gasteiger partial charge < -0.3 is 4.74 Å². The molecular weight excluding hydrogens is 277 g/mol. The smallest absolute Gasteiger partial charge is 0.414 e. The van der Waals surface area contributed by atoms with E-state index in [1.54, 1.807) is 16.9 Å². The number of hydrogen-bond acceptors (Lipinski definition) is 5. The van der Waals surface area contributed by atoms with Crippen LogP contribution in [0.15, 0.2) is 30.6 Å². The van der Waals surface area contributed by atoms with Crippen LogP contribution in [0.1, 0.15) is 5.56 Å². The van der Waals surface area contributed by atoms with E-state index < -0.39 is 18.0 Å². The number of hydrogen-bond donors (Lipinski definition) is 0. The number of amides is 1. The second kappa shape index (κ2) is 5.20. The van der Waals surface area contributed by atoms with Gasteiger partial charge in [0, 0.05) is 6.20 Å². The van der Waals surface area contributed by atoms with E-state index in [1.165, 1.54) is 23.2 Å². The number of anilines is 1. The highest BCUT2D eigenvalue weighted by molar-refractivity contribution is 5.89. The fourth-order valence-corrected chi connectivity index (χ4v) is 2.13. The average Bonchev–Trinajstić information content (AvgIpc) is 3.09. The second-order valence-corrected chi connectivity index (χ2v) is 4.52. The minimum Gasteiger partial charge on any atom is -0.442 e. The van der Waals surface area contributed by atoms with Crippen LogP contribution in [-0.4, -0.2) is 33.7 Å². The van der Waals surface area contributed by atoms with Gasteiger partial charge in [-0.3, -0.25) is 4.90 Å². The van der Waals surface area contributed by atoms with Gasteiger partial charge in [0.05, 0.1) is 30.5 Å². The Balaban J connectivity index is 1.76. The molecule has 0 spiro atoms. The number of benzene rings is 1. The van der Waals surface area contributed by atoms with E-state index >= 15 is 0 Å². The Bertz CT molecular complexity index is 710. The van der Waals surface area contributed by atoms with Crippen LogP contribution in [0.5, 0.6) is 0 Å². The van der Waals surface area contributed by atoms with Gasteiger partial charge in [-0.2, -0.15) is 5.26 Å². The van der Waals surface area contributed by atoms with Crippen LogP contribution < -0.4 is 4.90 Å². The molecule has 1 fully saturated rings. The Labute approximate surface area is 119 Å². The van der Waals surface area contributed by atoms with Crippen molar-refractivity contribution in [1.29, 1.82) is 5.26 Å². The first kappa shape index (κ1) is 13.1. The summed E-state index contributed by atoms with van der Waals surface area (Å²) in [6, 6.07) is 5.74. The summed E-state index contributed by atoms with van der Waals surface area (Å²) < 4.78 is 20.4. The van der Waals surface area contributed by atoms with Crippen molar-refractivity contribution in [2.75, 3.05) is 11.4 Å². The standard InChI is InChI=1S/C13H10FN5O2/c14-12-5-10(2-1-9(12)6-15)19-8-11(21-13(19)20)7-18-4-3-16-17-18/h1-5,11H,7-8H2/t11-/m0/s1. The highest BCUT2D eigenvalue weighted by Gasteiger charge is 2.33. The number of cyclic esters (lactones) is 1. The minimum atomic E-state index is -0.664. The largest absolute Gasteiger partial charge is 0.442 e. The van der Waals surface area contributed by atoms with E-state index in [2.05, 4.69) is 10.3 Å². The molecule has 2 aromatic rings. The highest BCUT2D eigenvalue weighted by Crippen LogP contribution is 2.24. The van der Waals surface area contributed by atoms with Gasteiger partial charge in [-0.1, -0.05) is 5.21 Å². The van der Waals surface area contributed by atoms with Crippen molar-refractivity contribution < 1.29 is 13.9 Å². The van der Waals surface area contributed by atoms with Crippen molar-refractivity contribution in [2.24, 2.45) is 0 Å². The van der Waals surface area contributed by atoms with E-state index in [1.807, 2.05) is 0 Å². The zero-order chi connectivity index (χ0) is 14.8. The lowest BCUT2D eigenvalue weighted by Gasteiger charge is -2.13. The SMILES string of the molecule is N#Cc1ccc(N2C[C@H](Cn3ccnn3)OC2=O)cc1F. The van der Waals surface area contributed by atoms with Crippen LogP contribution in [-0.2, 0) is 11.3 Å². The minimum absolute atomic E-state index is 0.0644. The van der Waals surface area contributed by atoms with Crippen molar-refractivity contribution >= 4 is 11.8 Å². The van der Waals surface area contributed by atoms with E-state index in [9.17, 15) is 9.18 Å². The van der Waals surface area contributed by atoms with Gasteiger partial charge in [-0.15, -0.1) is 5.10 Å². The van der Waals surface area contributed by atoms with Crippen LogP contribution in [0, 0.1) is 17.1 Å². The van der Waals surface area contributed by atoms with Gasteiger partial charge in [-0.25, -0.2) is 13.9 Å². The first-order valence-corrected chi connectivity index (χ1v) is 6.19. The molecule has 7 nitrogen and oxygen atoms in total. The molecular formula is C13H10FN5O2. The molecule has 0 radical (unpaired) electrons. The topological polar surface area (TPSA) is 84.0 Å². The Morgan fingerprint density at radius 1 is 1.52 bits per heavy atom. The number of halogens is 1. The van der Waals surface area contributed by atoms with Gasteiger partial charge >= 0.3 is 6.09 Å². The third-order valence-electron chi connectivity index (χ3n) is 3.12. The molecule has 0 bridgehead atoms. The summed E-state index contributed by atoms with van der Waals surface area (Å²) in [6.45, 7) is 0.658. The monoisotopic (exact) mass is 287 g/mol. The summed E-state index contributed by atoms with van der Waals surface area (Å²) in [5.74, 6) is -0.664. The molecule has 1 aliphatic rings. The van der Waals surface area contributed by atoms with E-state index in [-0.39, 0.29) is 12.1 Å². The summed E-state index contributed by atoms with van der Waals surface area (Å²) in [4.78, 5) is 13.2. The number of nitrogens with zero attached hydrogens (tertiary/aromatic N) is 5. The summed E-state index contributed by atoms with van der Waals surface area (Å²) >= 11 is 0. The number of nitriles is 1. The van der Waals surface area contributed by atoms with Crippen LogP contribution in [0.25, 0.3) is 0 Å². The van der Waals surface area contributed by atoms with Crippen LogP contribution in [0.2, 0.25) is 0 Å². The van der Waals surface area contributed by atoms with Gasteiger partial charge in [0.25, 0.3) is 0 Å². The molecule has 3 rings (SSSR count). The molecule has 1 aromatic carbocycles. The van der Waals surface area contributed by atoms with Gasteiger partial charge in [0.15, 0.2) is 0 Å². The van der Waals surface area contributed by atoms with E-state index in [0.29, 0.717) is 12.2 Å². The average molecular weight is 287 g/mol.